The number of pyridine rings is 1. The number of anilines is 1. The molecule has 0 aromatic carbocycles. The molecule has 116 valence electrons. The summed E-state index contributed by atoms with van der Waals surface area (Å²) in [7, 11) is 1.62. The molecular weight excluding hydrogens is 268 g/mol. The van der Waals surface area contributed by atoms with Gasteiger partial charge in [0.15, 0.2) is 0 Å². The van der Waals surface area contributed by atoms with Crippen LogP contribution >= 0.6 is 0 Å². The van der Waals surface area contributed by atoms with Gasteiger partial charge < -0.3 is 14.8 Å². The molecule has 0 saturated heterocycles. The number of hydrogen-bond acceptors (Lipinski definition) is 4. The number of carbonyl (C=O) groups excluding carboxylic acids is 1. The van der Waals surface area contributed by atoms with Crippen LogP contribution in [0.25, 0.3) is 0 Å². The first-order chi connectivity index (χ1) is 10.1. The van der Waals surface area contributed by atoms with Crippen molar-refractivity contribution < 1.29 is 14.3 Å². The van der Waals surface area contributed by atoms with Gasteiger partial charge in [0.2, 0.25) is 5.88 Å². The first-order valence-corrected chi connectivity index (χ1v) is 7.55. The van der Waals surface area contributed by atoms with E-state index in [1.807, 2.05) is 6.92 Å². The Kier molecular flexibility index (Phi) is 5.17. The van der Waals surface area contributed by atoms with Gasteiger partial charge in [-0.1, -0.05) is 13.3 Å². The summed E-state index contributed by atoms with van der Waals surface area (Å²) in [6, 6.07) is 3.55. The van der Waals surface area contributed by atoms with Gasteiger partial charge in [-0.25, -0.2) is 4.98 Å². The van der Waals surface area contributed by atoms with Crippen LogP contribution in [0.15, 0.2) is 18.3 Å². The van der Waals surface area contributed by atoms with Gasteiger partial charge >= 0.3 is 0 Å². The minimum Gasteiger partial charge on any atom is -0.478 e. The molecule has 0 unspecified atom stereocenters. The lowest BCUT2D eigenvalue weighted by Crippen LogP contribution is -2.47. The average molecular weight is 292 g/mol. The van der Waals surface area contributed by atoms with Crippen LogP contribution < -0.4 is 10.1 Å². The molecule has 1 fully saturated rings. The van der Waals surface area contributed by atoms with E-state index in [4.69, 9.17) is 9.47 Å². The number of carbonyl (C=O) groups is 1. The molecule has 0 spiro atoms. The number of aromatic nitrogens is 1. The lowest BCUT2D eigenvalue weighted by Gasteiger charge is -2.37. The average Bonchev–Trinajstić information content (AvgIpc) is 2.49. The van der Waals surface area contributed by atoms with Gasteiger partial charge in [0.1, 0.15) is 5.60 Å². The van der Waals surface area contributed by atoms with Gasteiger partial charge in [-0.15, -0.1) is 0 Å². The largest absolute Gasteiger partial charge is 0.478 e. The first-order valence-electron chi connectivity index (χ1n) is 7.55. The van der Waals surface area contributed by atoms with E-state index in [1.54, 1.807) is 25.4 Å². The summed E-state index contributed by atoms with van der Waals surface area (Å²) in [6.07, 6.45) is 5.31. The zero-order valence-electron chi connectivity index (χ0n) is 13.0. The van der Waals surface area contributed by atoms with E-state index < -0.39 is 5.60 Å². The minimum absolute atomic E-state index is 0.0810. The van der Waals surface area contributed by atoms with E-state index in [-0.39, 0.29) is 5.91 Å². The number of hydrogen-bond donors (Lipinski definition) is 1. The first kappa shape index (κ1) is 15.8. The summed E-state index contributed by atoms with van der Waals surface area (Å²) in [4.78, 5) is 16.7. The molecule has 5 heteroatoms. The molecule has 1 saturated carbocycles. The molecule has 2 atom stereocenters. The van der Waals surface area contributed by atoms with Crippen LogP contribution in [0.3, 0.4) is 0 Å². The molecule has 1 aromatic rings. The van der Waals surface area contributed by atoms with Gasteiger partial charge in [-0.2, -0.15) is 0 Å². The van der Waals surface area contributed by atoms with Crippen LogP contribution in [0.2, 0.25) is 0 Å². The lowest BCUT2D eigenvalue weighted by atomic mass is 9.78. The van der Waals surface area contributed by atoms with E-state index in [2.05, 4.69) is 17.2 Å². The van der Waals surface area contributed by atoms with Crippen LogP contribution in [0.1, 0.15) is 39.5 Å². The van der Waals surface area contributed by atoms with Crippen molar-refractivity contribution in [3.63, 3.8) is 0 Å². The van der Waals surface area contributed by atoms with Gasteiger partial charge in [0.05, 0.1) is 18.5 Å². The van der Waals surface area contributed by atoms with Crippen LogP contribution in [0, 0.1) is 5.92 Å². The van der Waals surface area contributed by atoms with Gasteiger partial charge in [-0.3, -0.25) is 4.79 Å². The normalized spacial score (nSPS) is 25.4. The van der Waals surface area contributed by atoms with Crippen molar-refractivity contribution in [2.24, 2.45) is 5.92 Å². The lowest BCUT2D eigenvalue weighted by molar-refractivity contribution is -0.143. The summed E-state index contributed by atoms with van der Waals surface area (Å²) in [5, 5.41) is 2.91. The van der Waals surface area contributed by atoms with Crippen molar-refractivity contribution in [3.05, 3.63) is 18.3 Å². The fourth-order valence-electron chi connectivity index (χ4n) is 2.92. The Balaban J connectivity index is 2.05. The third-order valence-electron chi connectivity index (χ3n) is 4.05. The highest BCUT2D eigenvalue weighted by Gasteiger charge is 2.41. The summed E-state index contributed by atoms with van der Waals surface area (Å²) in [6.45, 7) is 4.64. The van der Waals surface area contributed by atoms with Crippen LogP contribution in [-0.4, -0.2) is 30.2 Å². The highest BCUT2D eigenvalue weighted by atomic mass is 16.5. The van der Waals surface area contributed by atoms with E-state index in [9.17, 15) is 4.79 Å². The smallest absolute Gasteiger partial charge is 0.256 e. The fraction of sp³-hybridized carbons (Fsp3) is 0.625. The second-order valence-corrected chi connectivity index (χ2v) is 5.67. The maximum atomic E-state index is 12.6. The number of nitrogens with zero attached hydrogens (tertiary/aromatic N) is 1. The zero-order chi connectivity index (χ0) is 15.3. The summed E-state index contributed by atoms with van der Waals surface area (Å²) < 4.78 is 10.9. The van der Waals surface area contributed by atoms with Crippen molar-refractivity contribution >= 4 is 11.6 Å². The number of amides is 1. The summed E-state index contributed by atoms with van der Waals surface area (Å²) in [5.41, 5.74) is -0.0471. The van der Waals surface area contributed by atoms with E-state index >= 15 is 0 Å². The monoisotopic (exact) mass is 292 g/mol. The van der Waals surface area contributed by atoms with Crippen LogP contribution in [0.5, 0.6) is 5.88 Å². The van der Waals surface area contributed by atoms with Crippen LogP contribution in [0.4, 0.5) is 5.69 Å². The van der Waals surface area contributed by atoms with Crippen molar-refractivity contribution in [1.29, 1.82) is 0 Å². The third-order valence-corrected chi connectivity index (χ3v) is 4.05. The molecule has 2 rings (SSSR count). The highest BCUT2D eigenvalue weighted by Crippen LogP contribution is 2.35. The Morgan fingerprint density at radius 1 is 1.52 bits per heavy atom. The van der Waals surface area contributed by atoms with Gasteiger partial charge in [0, 0.05) is 13.2 Å². The van der Waals surface area contributed by atoms with E-state index in [0.29, 0.717) is 24.1 Å². The maximum Gasteiger partial charge on any atom is 0.256 e. The number of nitrogens with one attached hydrogen (secondary N) is 1. The molecule has 0 aliphatic heterocycles. The molecule has 1 heterocycles. The summed E-state index contributed by atoms with van der Waals surface area (Å²) in [5.74, 6) is 0.980. The zero-order valence-corrected chi connectivity index (χ0v) is 13.0. The molecule has 0 bridgehead atoms. The Hall–Kier alpha value is -1.62. The van der Waals surface area contributed by atoms with Gasteiger partial charge in [0.25, 0.3) is 5.91 Å². The number of methoxy groups -OCH3 is 1. The highest BCUT2D eigenvalue weighted by molar-refractivity contribution is 5.97. The van der Waals surface area contributed by atoms with Crippen molar-refractivity contribution in [2.75, 3.05) is 19.0 Å². The maximum absolute atomic E-state index is 12.6. The third kappa shape index (κ3) is 3.73. The van der Waals surface area contributed by atoms with Crippen molar-refractivity contribution in [1.82, 2.24) is 4.98 Å². The molecule has 1 aliphatic carbocycles. The molecule has 21 heavy (non-hydrogen) atoms. The fourth-order valence-corrected chi connectivity index (χ4v) is 2.92. The Bertz CT molecular complexity index is 475. The minimum atomic E-state index is -0.712. The number of rotatable bonds is 5. The van der Waals surface area contributed by atoms with E-state index in [0.717, 1.165) is 25.7 Å². The Labute approximate surface area is 126 Å². The van der Waals surface area contributed by atoms with Crippen molar-refractivity contribution in [2.45, 2.75) is 45.1 Å². The SMILES string of the molecule is CCOc1ccc(NC(=O)[C@]2(OC)CCC[C@H](C)C2)cn1. The molecule has 1 N–H and O–H groups in total. The molecule has 1 amide bonds. The van der Waals surface area contributed by atoms with Crippen LogP contribution in [-0.2, 0) is 9.53 Å². The Morgan fingerprint density at radius 2 is 2.33 bits per heavy atom. The standard InChI is InChI=1S/C16H24N2O3/c1-4-21-14-8-7-13(11-17-14)18-15(19)16(20-3)9-5-6-12(2)10-16/h7-8,11-12H,4-6,9-10H2,1-3H3,(H,18,19)/t12-,16-/m0/s1. The second kappa shape index (κ2) is 6.89. The molecular formula is C16H24N2O3. The van der Waals surface area contributed by atoms with Gasteiger partial charge in [-0.05, 0) is 38.2 Å². The second-order valence-electron chi connectivity index (χ2n) is 5.67. The molecule has 0 radical (unpaired) electrons. The quantitative estimate of drug-likeness (QED) is 0.906. The molecule has 5 nitrogen and oxygen atoms in total. The number of ether oxygens (including phenoxy) is 2. The predicted molar refractivity (Wildman–Crippen MR) is 81.4 cm³/mol. The van der Waals surface area contributed by atoms with Crippen molar-refractivity contribution in [3.8, 4) is 5.88 Å². The van der Waals surface area contributed by atoms with E-state index in [1.165, 1.54) is 0 Å². The molecule has 1 aliphatic rings. The topological polar surface area (TPSA) is 60.5 Å². The predicted octanol–water partition coefficient (Wildman–Crippen LogP) is 3.01. The Morgan fingerprint density at radius 3 is 2.90 bits per heavy atom. The molecule has 1 aromatic heterocycles. The summed E-state index contributed by atoms with van der Waals surface area (Å²) >= 11 is 0.